The number of nitrogens with zero attached hydrogens (tertiary/aromatic N) is 1. The first-order chi connectivity index (χ1) is 6.09. The zero-order valence-electron chi connectivity index (χ0n) is 8.62. The van der Waals surface area contributed by atoms with Crippen molar-refractivity contribution in [3.63, 3.8) is 0 Å². The zero-order chi connectivity index (χ0) is 9.47. The van der Waals surface area contributed by atoms with Gasteiger partial charge in [-0.3, -0.25) is 4.98 Å². The molecule has 0 aliphatic heterocycles. The second-order valence-electron chi connectivity index (χ2n) is 5.07. The van der Waals surface area contributed by atoms with Crippen LogP contribution in [0, 0.1) is 11.3 Å². The van der Waals surface area contributed by atoms with Crippen molar-refractivity contribution in [3.8, 4) is 0 Å². The van der Waals surface area contributed by atoms with Gasteiger partial charge in [-0.1, -0.05) is 26.8 Å². The predicted molar refractivity (Wildman–Crippen MR) is 54.5 cm³/mol. The Labute approximate surface area is 80.2 Å². The van der Waals surface area contributed by atoms with Crippen LogP contribution in [0.25, 0.3) is 0 Å². The monoisotopic (exact) mass is 175 g/mol. The topological polar surface area (TPSA) is 12.9 Å². The second-order valence-corrected chi connectivity index (χ2v) is 5.07. The van der Waals surface area contributed by atoms with Gasteiger partial charge in [-0.25, -0.2) is 0 Å². The van der Waals surface area contributed by atoms with Crippen LogP contribution >= 0.6 is 0 Å². The van der Waals surface area contributed by atoms with Crippen molar-refractivity contribution in [2.75, 3.05) is 0 Å². The summed E-state index contributed by atoms with van der Waals surface area (Å²) in [6.45, 7) is 6.96. The van der Waals surface area contributed by atoms with Gasteiger partial charge in [-0.05, 0) is 29.9 Å². The molecule has 0 saturated heterocycles. The SMILES string of the molecule is CC(C)(C)[C@@H]1C[C@H]1c1ccccn1. The minimum absolute atomic E-state index is 0.447. The van der Waals surface area contributed by atoms with Gasteiger partial charge in [0.15, 0.2) is 0 Å². The second kappa shape index (κ2) is 2.83. The predicted octanol–water partition coefficient (Wildman–Crippen LogP) is 3.23. The van der Waals surface area contributed by atoms with E-state index in [0.717, 1.165) is 11.8 Å². The third kappa shape index (κ3) is 1.74. The standard InChI is InChI=1S/C12H17N/c1-12(2,3)10-8-9(10)11-6-4-5-7-13-11/h4-7,9-10H,8H2,1-3H3/t9-,10-/m1/s1. The molecule has 1 saturated carbocycles. The van der Waals surface area contributed by atoms with Crippen molar-refractivity contribution >= 4 is 0 Å². The lowest BCUT2D eigenvalue weighted by Crippen LogP contribution is -2.09. The van der Waals surface area contributed by atoms with Crippen LogP contribution in [0.4, 0.5) is 0 Å². The number of rotatable bonds is 1. The average molecular weight is 175 g/mol. The van der Waals surface area contributed by atoms with E-state index < -0.39 is 0 Å². The lowest BCUT2D eigenvalue weighted by atomic mass is 9.88. The molecule has 1 aliphatic carbocycles. The highest BCUT2D eigenvalue weighted by atomic mass is 14.7. The Kier molecular flexibility index (Phi) is 1.90. The van der Waals surface area contributed by atoms with Gasteiger partial charge in [0.1, 0.15) is 0 Å². The summed E-state index contributed by atoms with van der Waals surface area (Å²) in [5.41, 5.74) is 1.73. The summed E-state index contributed by atoms with van der Waals surface area (Å²) < 4.78 is 0. The third-order valence-electron chi connectivity index (χ3n) is 2.97. The van der Waals surface area contributed by atoms with Gasteiger partial charge < -0.3 is 0 Å². The van der Waals surface area contributed by atoms with Gasteiger partial charge in [0.05, 0.1) is 0 Å². The van der Waals surface area contributed by atoms with Crippen molar-refractivity contribution in [2.24, 2.45) is 11.3 Å². The number of pyridine rings is 1. The van der Waals surface area contributed by atoms with Gasteiger partial charge in [-0.15, -0.1) is 0 Å². The number of hydrogen-bond donors (Lipinski definition) is 0. The van der Waals surface area contributed by atoms with Crippen LogP contribution in [0.5, 0.6) is 0 Å². The number of aromatic nitrogens is 1. The molecule has 70 valence electrons. The fourth-order valence-corrected chi connectivity index (χ4v) is 2.07. The minimum Gasteiger partial charge on any atom is -0.261 e. The molecule has 0 spiro atoms. The summed E-state index contributed by atoms with van der Waals surface area (Å²) in [7, 11) is 0. The quantitative estimate of drug-likeness (QED) is 0.638. The molecule has 0 unspecified atom stereocenters. The summed E-state index contributed by atoms with van der Waals surface area (Å²) in [4.78, 5) is 4.40. The molecule has 1 aromatic rings. The van der Waals surface area contributed by atoms with E-state index in [2.05, 4.69) is 37.9 Å². The lowest BCUT2D eigenvalue weighted by molar-refractivity contribution is 0.342. The minimum atomic E-state index is 0.447. The normalized spacial score (nSPS) is 27.3. The lowest BCUT2D eigenvalue weighted by Gasteiger charge is -2.17. The van der Waals surface area contributed by atoms with Crippen molar-refractivity contribution in [1.82, 2.24) is 4.98 Å². The molecule has 1 aromatic heterocycles. The smallest absolute Gasteiger partial charge is 0.0437 e. The zero-order valence-corrected chi connectivity index (χ0v) is 8.62. The molecule has 2 rings (SSSR count). The summed E-state index contributed by atoms with van der Waals surface area (Å²) in [6.07, 6.45) is 3.22. The van der Waals surface area contributed by atoms with Crippen LogP contribution in [-0.4, -0.2) is 4.98 Å². The van der Waals surface area contributed by atoms with Crippen LogP contribution < -0.4 is 0 Å². The summed E-state index contributed by atoms with van der Waals surface area (Å²) in [5, 5.41) is 0. The van der Waals surface area contributed by atoms with Crippen molar-refractivity contribution in [1.29, 1.82) is 0 Å². The average Bonchev–Trinajstić information content (AvgIpc) is 2.83. The first-order valence-corrected chi connectivity index (χ1v) is 5.00. The fourth-order valence-electron chi connectivity index (χ4n) is 2.07. The summed E-state index contributed by atoms with van der Waals surface area (Å²) >= 11 is 0. The molecule has 1 aliphatic rings. The van der Waals surface area contributed by atoms with E-state index in [1.807, 2.05) is 12.3 Å². The van der Waals surface area contributed by atoms with E-state index in [1.54, 1.807) is 0 Å². The molecule has 0 N–H and O–H groups in total. The van der Waals surface area contributed by atoms with E-state index in [-0.39, 0.29) is 0 Å². The van der Waals surface area contributed by atoms with Crippen molar-refractivity contribution < 1.29 is 0 Å². The Morgan fingerprint density at radius 1 is 1.31 bits per heavy atom. The molecule has 13 heavy (non-hydrogen) atoms. The van der Waals surface area contributed by atoms with Crippen LogP contribution in [0.1, 0.15) is 38.8 Å². The molecule has 0 bridgehead atoms. The molecule has 0 radical (unpaired) electrons. The van der Waals surface area contributed by atoms with Gasteiger partial charge in [0.2, 0.25) is 0 Å². The van der Waals surface area contributed by atoms with Crippen molar-refractivity contribution in [2.45, 2.75) is 33.1 Å². The highest BCUT2D eigenvalue weighted by Gasteiger charge is 2.46. The Hall–Kier alpha value is -0.850. The van der Waals surface area contributed by atoms with Gasteiger partial charge in [0.25, 0.3) is 0 Å². The molecule has 0 aromatic carbocycles. The molecular weight excluding hydrogens is 158 g/mol. The first kappa shape index (κ1) is 8.74. The Balaban J connectivity index is 2.09. The van der Waals surface area contributed by atoms with E-state index in [1.165, 1.54) is 12.1 Å². The van der Waals surface area contributed by atoms with Crippen LogP contribution in [0.2, 0.25) is 0 Å². The Bertz CT molecular complexity index is 284. The molecule has 1 nitrogen and oxygen atoms in total. The number of hydrogen-bond acceptors (Lipinski definition) is 1. The van der Waals surface area contributed by atoms with E-state index in [9.17, 15) is 0 Å². The molecular formula is C12H17N. The van der Waals surface area contributed by atoms with Crippen LogP contribution in [0.3, 0.4) is 0 Å². The molecule has 0 amide bonds. The van der Waals surface area contributed by atoms with Gasteiger partial charge in [-0.2, -0.15) is 0 Å². The Morgan fingerprint density at radius 2 is 2.08 bits per heavy atom. The summed E-state index contributed by atoms with van der Waals surface area (Å²) in [5.74, 6) is 1.56. The molecule has 1 heteroatoms. The largest absolute Gasteiger partial charge is 0.261 e. The molecule has 2 atom stereocenters. The highest BCUT2D eigenvalue weighted by molar-refractivity contribution is 5.19. The van der Waals surface area contributed by atoms with Crippen LogP contribution in [-0.2, 0) is 0 Å². The Morgan fingerprint density at radius 3 is 2.54 bits per heavy atom. The van der Waals surface area contributed by atoms with Gasteiger partial charge >= 0.3 is 0 Å². The van der Waals surface area contributed by atoms with Crippen LogP contribution in [0.15, 0.2) is 24.4 Å². The van der Waals surface area contributed by atoms with Gasteiger partial charge in [0, 0.05) is 17.8 Å². The van der Waals surface area contributed by atoms with Crippen molar-refractivity contribution in [3.05, 3.63) is 30.1 Å². The first-order valence-electron chi connectivity index (χ1n) is 5.00. The van der Waals surface area contributed by atoms with E-state index in [4.69, 9.17) is 0 Å². The fraction of sp³-hybridized carbons (Fsp3) is 0.583. The maximum Gasteiger partial charge on any atom is 0.0437 e. The molecule has 1 heterocycles. The van der Waals surface area contributed by atoms with E-state index in [0.29, 0.717) is 5.41 Å². The third-order valence-corrected chi connectivity index (χ3v) is 2.97. The maximum atomic E-state index is 4.40. The highest BCUT2D eigenvalue weighted by Crippen LogP contribution is 2.55. The maximum absolute atomic E-state index is 4.40. The van der Waals surface area contributed by atoms with E-state index >= 15 is 0 Å². The summed E-state index contributed by atoms with van der Waals surface area (Å²) in [6, 6.07) is 6.22. The molecule has 1 fully saturated rings.